The van der Waals surface area contributed by atoms with Crippen LogP contribution in [-0.2, 0) is 11.0 Å². The van der Waals surface area contributed by atoms with Crippen LogP contribution in [-0.4, -0.2) is 33.2 Å². The van der Waals surface area contributed by atoms with Crippen LogP contribution in [0.1, 0.15) is 49.3 Å². The fourth-order valence-corrected chi connectivity index (χ4v) is 2.56. The van der Waals surface area contributed by atoms with Gasteiger partial charge in [0.2, 0.25) is 5.91 Å². The Morgan fingerprint density at radius 3 is 2.36 bits per heavy atom. The first kappa shape index (κ1) is 21.5. The van der Waals surface area contributed by atoms with Crippen molar-refractivity contribution < 1.29 is 22.8 Å². The molecule has 0 radical (unpaired) electrons. The Morgan fingerprint density at radius 1 is 1.18 bits per heavy atom. The van der Waals surface area contributed by atoms with Crippen molar-refractivity contribution in [1.82, 2.24) is 20.4 Å². The zero-order valence-corrected chi connectivity index (χ0v) is 16.3. The van der Waals surface area contributed by atoms with Crippen molar-refractivity contribution in [3.63, 3.8) is 0 Å². The van der Waals surface area contributed by atoms with Gasteiger partial charge in [-0.05, 0) is 52.3 Å². The van der Waals surface area contributed by atoms with Crippen molar-refractivity contribution in [2.75, 3.05) is 0 Å². The van der Waals surface area contributed by atoms with E-state index in [0.717, 1.165) is 11.8 Å². The van der Waals surface area contributed by atoms with Crippen LogP contribution in [0.4, 0.5) is 13.2 Å². The summed E-state index contributed by atoms with van der Waals surface area (Å²) < 4.78 is 41.7. The number of aromatic nitrogens is 2. The van der Waals surface area contributed by atoms with E-state index in [0.29, 0.717) is 4.68 Å². The number of nitrogens with one attached hydrogen (secondary N) is 2. The smallest absolute Gasteiger partial charge is 0.350 e. The number of hydrogen-bond acceptors (Lipinski definition) is 3. The number of halogens is 3. The second-order valence-corrected chi connectivity index (χ2v) is 7.59. The van der Waals surface area contributed by atoms with Crippen LogP contribution in [0.5, 0.6) is 0 Å². The van der Waals surface area contributed by atoms with Gasteiger partial charge in [-0.15, -0.1) is 0 Å². The summed E-state index contributed by atoms with van der Waals surface area (Å²) in [5.41, 5.74) is -1.45. The molecular formula is C19H23F3N4O2. The Labute approximate surface area is 161 Å². The molecule has 0 spiro atoms. The van der Waals surface area contributed by atoms with Gasteiger partial charge >= 0.3 is 6.18 Å². The number of aryl methyl sites for hydroxylation is 1. The molecule has 0 saturated heterocycles. The van der Waals surface area contributed by atoms with Gasteiger partial charge in [-0.25, -0.2) is 4.68 Å². The summed E-state index contributed by atoms with van der Waals surface area (Å²) in [6, 6.07) is 5.32. The molecule has 1 atom stereocenters. The predicted octanol–water partition coefficient (Wildman–Crippen LogP) is 3.23. The van der Waals surface area contributed by atoms with Gasteiger partial charge < -0.3 is 10.6 Å². The predicted molar refractivity (Wildman–Crippen MR) is 98.1 cm³/mol. The molecular weight excluding hydrogens is 373 g/mol. The SMILES string of the molecule is Cc1cccc(-n2ncc(C(=O)NC(C)C(=O)NC(C)(C)C)c2C(F)(F)F)c1. The van der Waals surface area contributed by atoms with E-state index < -0.39 is 40.8 Å². The number of benzene rings is 1. The van der Waals surface area contributed by atoms with E-state index in [1.807, 2.05) is 0 Å². The van der Waals surface area contributed by atoms with Crippen LogP contribution < -0.4 is 10.6 Å². The molecule has 1 aromatic heterocycles. The van der Waals surface area contributed by atoms with Crippen LogP contribution in [0.15, 0.2) is 30.5 Å². The number of carbonyl (C=O) groups excluding carboxylic acids is 2. The molecule has 28 heavy (non-hydrogen) atoms. The van der Waals surface area contributed by atoms with Crippen LogP contribution in [0.2, 0.25) is 0 Å². The third-order valence-corrected chi connectivity index (χ3v) is 3.77. The van der Waals surface area contributed by atoms with Gasteiger partial charge in [0.15, 0.2) is 5.69 Å². The van der Waals surface area contributed by atoms with Crippen LogP contribution in [0.3, 0.4) is 0 Å². The minimum Gasteiger partial charge on any atom is -0.350 e. The van der Waals surface area contributed by atoms with Gasteiger partial charge in [0.25, 0.3) is 5.91 Å². The van der Waals surface area contributed by atoms with Gasteiger partial charge in [-0.2, -0.15) is 18.3 Å². The van der Waals surface area contributed by atoms with E-state index in [2.05, 4.69) is 15.7 Å². The molecule has 0 bridgehead atoms. The van der Waals surface area contributed by atoms with E-state index in [9.17, 15) is 22.8 Å². The highest BCUT2D eigenvalue weighted by Crippen LogP contribution is 2.33. The Balaban J connectivity index is 2.35. The summed E-state index contributed by atoms with van der Waals surface area (Å²) in [6.07, 6.45) is -3.96. The Kier molecular flexibility index (Phi) is 5.86. The number of hydrogen-bond donors (Lipinski definition) is 2. The average molecular weight is 396 g/mol. The summed E-state index contributed by atoms with van der Waals surface area (Å²) >= 11 is 0. The third-order valence-electron chi connectivity index (χ3n) is 3.77. The maximum Gasteiger partial charge on any atom is 0.434 e. The molecule has 2 N–H and O–H groups in total. The largest absolute Gasteiger partial charge is 0.434 e. The average Bonchev–Trinajstić information content (AvgIpc) is 2.98. The number of amides is 2. The normalized spacial score (nSPS) is 13.1. The lowest BCUT2D eigenvalue weighted by molar-refractivity contribution is -0.143. The summed E-state index contributed by atoms with van der Waals surface area (Å²) in [4.78, 5) is 24.6. The minimum absolute atomic E-state index is 0.185. The molecule has 1 aromatic carbocycles. The van der Waals surface area contributed by atoms with Gasteiger partial charge in [-0.1, -0.05) is 12.1 Å². The van der Waals surface area contributed by atoms with Crippen molar-refractivity contribution in [2.45, 2.75) is 52.4 Å². The lowest BCUT2D eigenvalue weighted by atomic mass is 10.1. The highest BCUT2D eigenvalue weighted by atomic mass is 19.4. The molecule has 1 heterocycles. The molecule has 2 rings (SSSR count). The second-order valence-electron chi connectivity index (χ2n) is 7.59. The molecule has 9 heteroatoms. The molecule has 2 amide bonds. The standard InChI is InChI=1S/C19H23F3N4O2/c1-11-7-6-8-13(9-11)26-15(19(20,21)22)14(10-23-26)17(28)24-12(2)16(27)25-18(3,4)5/h6-10,12H,1-5H3,(H,24,28)(H,25,27). The highest BCUT2D eigenvalue weighted by Gasteiger charge is 2.41. The van der Waals surface area contributed by atoms with E-state index in [1.165, 1.54) is 19.1 Å². The summed E-state index contributed by atoms with van der Waals surface area (Å²) in [5.74, 6) is -1.52. The molecule has 2 aromatic rings. The Bertz CT molecular complexity index is 882. The van der Waals surface area contributed by atoms with Crippen molar-refractivity contribution in [1.29, 1.82) is 0 Å². The van der Waals surface area contributed by atoms with Gasteiger partial charge in [-0.3, -0.25) is 9.59 Å². The highest BCUT2D eigenvalue weighted by molar-refractivity contribution is 5.98. The first-order chi connectivity index (χ1) is 12.8. The molecule has 0 aliphatic heterocycles. The number of nitrogens with zero attached hydrogens (tertiary/aromatic N) is 2. The quantitative estimate of drug-likeness (QED) is 0.833. The molecule has 0 saturated carbocycles. The van der Waals surface area contributed by atoms with E-state index in [-0.39, 0.29) is 5.69 Å². The van der Waals surface area contributed by atoms with Crippen molar-refractivity contribution >= 4 is 11.8 Å². The Morgan fingerprint density at radius 2 is 1.82 bits per heavy atom. The number of carbonyl (C=O) groups is 2. The first-order valence-corrected chi connectivity index (χ1v) is 8.65. The zero-order valence-electron chi connectivity index (χ0n) is 16.3. The van der Waals surface area contributed by atoms with Crippen LogP contribution in [0, 0.1) is 6.92 Å². The van der Waals surface area contributed by atoms with Gasteiger partial charge in [0.1, 0.15) is 6.04 Å². The fraction of sp³-hybridized carbons (Fsp3) is 0.421. The van der Waals surface area contributed by atoms with E-state index in [1.54, 1.807) is 39.8 Å². The van der Waals surface area contributed by atoms with Gasteiger partial charge in [0.05, 0.1) is 17.4 Å². The van der Waals surface area contributed by atoms with Crippen molar-refractivity contribution in [2.24, 2.45) is 0 Å². The zero-order chi connectivity index (χ0) is 21.3. The topological polar surface area (TPSA) is 76.0 Å². The van der Waals surface area contributed by atoms with Gasteiger partial charge in [0, 0.05) is 5.54 Å². The lowest BCUT2D eigenvalue weighted by Crippen LogP contribution is -2.51. The number of rotatable bonds is 4. The summed E-state index contributed by atoms with van der Waals surface area (Å²) in [5, 5.41) is 8.73. The Hall–Kier alpha value is -2.84. The molecule has 0 aliphatic rings. The second kappa shape index (κ2) is 7.65. The van der Waals surface area contributed by atoms with E-state index in [4.69, 9.17) is 0 Å². The van der Waals surface area contributed by atoms with Crippen LogP contribution >= 0.6 is 0 Å². The molecule has 6 nitrogen and oxygen atoms in total. The fourth-order valence-electron chi connectivity index (χ4n) is 2.56. The summed E-state index contributed by atoms with van der Waals surface area (Å²) in [7, 11) is 0. The maximum absolute atomic E-state index is 13.7. The third kappa shape index (κ3) is 5.11. The first-order valence-electron chi connectivity index (χ1n) is 8.65. The molecule has 1 unspecified atom stereocenters. The molecule has 0 fully saturated rings. The maximum atomic E-state index is 13.7. The summed E-state index contributed by atoms with van der Waals surface area (Å²) in [6.45, 7) is 8.41. The molecule has 152 valence electrons. The van der Waals surface area contributed by atoms with Crippen LogP contribution in [0.25, 0.3) is 5.69 Å². The van der Waals surface area contributed by atoms with Crippen molar-refractivity contribution in [3.05, 3.63) is 47.3 Å². The minimum atomic E-state index is -4.82. The number of alkyl halides is 3. The lowest BCUT2D eigenvalue weighted by Gasteiger charge is -2.23. The monoisotopic (exact) mass is 396 g/mol. The van der Waals surface area contributed by atoms with Crippen molar-refractivity contribution in [3.8, 4) is 5.69 Å². The molecule has 0 aliphatic carbocycles. The van der Waals surface area contributed by atoms with E-state index >= 15 is 0 Å².